The number of thioether (sulfide) groups is 1. The van der Waals surface area contributed by atoms with E-state index in [0.717, 1.165) is 37.4 Å². The first-order chi connectivity index (χ1) is 6.28. The van der Waals surface area contributed by atoms with Crippen molar-refractivity contribution >= 4 is 17.7 Å². The predicted molar refractivity (Wildman–Crippen MR) is 51.2 cm³/mol. The highest BCUT2D eigenvalue weighted by Crippen LogP contribution is 2.46. The summed E-state index contributed by atoms with van der Waals surface area (Å²) >= 11 is 1.88. The molecule has 0 spiro atoms. The van der Waals surface area contributed by atoms with Crippen LogP contribution in [0.3, 0.4) is 0 Å². The third-order valence-corrected chi connectivity index (χ3v) is 3.61. The van der Waals surface area contributed by atoms with E-state index < -0.39 is 5.41 Å². The molecule has 2 aliphatic rings. The number of carbonyl (C=O) groups is 1. The minimum Gasteiger partial charge on any atom is -0.340 e. The fourth-order valence-electron chi connectivity index (χ4n) is 1.57. The summed E-state index contributed by atoms with van der Waals surface area (Å²) in [5.41, 5.74) is -0.609. The van der Waals surface area contributed by atoms with Gasteiger partial charge in [-0.05, 0) is 12.8 Å². The number of nitrogens with zero attached hydrogens (tertiary/aromatic N) is 2. The minimum atomic E-state index is -0.609. The van der Waals surface area contributed by atoms with Gasteiger partial charge in [-0.15, -0.1) is 0 Å². The number of nitriles is 1. The summed E-state index contributed by atoms with van der Waals surface area (Å²) in [6.45, 7) is 1.65. The number of hydrogen-bond acceptors (Lipinski definition) is 3. The van der Waals surface area contributed by atoms with Gasteiger partial charge in [-0.2, -0.15) is 17.0 Å². The quantitative estimate of drug-likeness (QED) is 0.625. The van der Waals surface area contributed by atoms with Gasteiger partial charge >= 0.3 is 0 Å². The maximum Gasteiger partial charge on any atom is 0.243 e. The lowest BCUT2D eigenvalue weighted by atomic mass is 10.1. The molecule has 0 atom stereocenters. The molecule has 3 nitrogen and oxygen atoms in total. The summed E-state index contributed by atoms with van der Waals surface area (Å²) in [7, 11) is 0. The van der Waals surface area contributed by atoms with Crippen LogP contribution in [0.15, 0.2) is 0 Å². The second-order valence-corrected chi connectivity index (χ2v) is 4.82. The Balaban J connectivity index is 2.00. The van der Waals surface area contributed by atoms with Crippen molar-refractivity contribution < 1.29 is 4.79 Å². The van der Waals surface area contributed by atoms with E-state index in [1.165, 1.54) is 0 Å². The second-order valence-electron chi connectivity index (χ2n) is 3.60. The van der Waals surface area contributed by atoms with Crippen LogP contribution in [0.4, 0.5) is 0 Å². The molecule has 0 aromatic carbocycles. The van der Waals surface area contributed by atoms with Crippen LogP contribution in [-0.4, -0.2) is 35.4 Å². The summed E-state index contributed by atoms with van der Waals surface area (Å²) in [5.74, 6) is 2.12. The van der Waals surface area contributed by atoms with Crippen molar-refractivity contribution in [1.82, 2.24) is 4.90 Å². The zero-order valence-corrected chi connectivity index (χ0v) is 8.27. The van der Waals surface area contributed by atoms with Crippen LogP contribution >= 0.6 is 11.8 Å². The van der Waals surface area contributed by atoms with Crippen molar-refractivity contribution in [3.63, 3.8) is 0 Å². The summed E-state index contributed by atoms with van der Waals surface area (Å²) in [4.78, 5) is 13.7. The third-order valence-electron chi connectivity index (χ3n) is 2.67. The first kappa shape index (κ1) is 8.89. The van der Waals surface area contributed by atoms with E-state index in [1.54, 1.807) is 0 Å². The maximum absolute atomic E-state index is 11.8. The Kier molecular flexibility index (Phi) is 2.20. The highest BCUT2D eigenvalue weighted by molar-refractivity contribution is 7.99. The Labute approximate surface area is 82.1 Å². The smallest absolute Gasteiger partial charge is 0.243 e. The standard InChI is InChI=1S/C9H12N2OS/c10-7-9(1-2-9)8(12)11-3-5-13-6-4-11/h1-6H2. The minimum absolute atomic E-state index is 0.0790. The predicted octanol–water partition coefficient (Wildman–Crippen LogP) is 0.866. The summed E-state index contributed by atoms with van der Waals surface area (Å²) in [5, 5.41) is 8.85. The molecular formula is C9H12N2OS. The Morgan fingerprint density at radius 3 is 2.46 bits per heavy atom. The molecule has 70 valence electrons. The Morgan fingerprint density at radius 2 is 2.00 bits per heavy atom. The van der Waals surface area contributed by atoms with E-state index in [9.17, 15) is 4.79 Å². The van der Waals surface area contributed by atoms with Gasteiger partial charge in [0.1, 0.15) is 5.41 Å². The summed E-state index contributed by atoms with van der Waals surface area (Å²) < 4.78 is 0. The lowest BCUT2D eigenvalue weighted by Crippen LogP contribution is -2.42. The first-order valence-electron chi connectivity index (χ1n) is 4.57. The van der Waals surface area contributed by atoms with Crippen LogP contribution in [0.1, 0.15) is 12.8 Å². The van der Waals surface area contributed by atoms with Crippen molar-refractivity contribution in [3.8, 4) is 6.07 Å². The molecule has 0 unspecified atom stereocenters. The number of amides is 1. The molecule has 13 heavy (non-hydrogen) atoms. The van der Waals surface area contributed by atoms with Crippen molar-refractivity contribution in [1.29, 1.82) is 5.26 Å². The van der Waals surface area contributed by atoms with Crippen LogP contribution in [0.2, 0.25) is 0 Å². The molecule has 1 amide bonds. The molecule has 0 N–H and O–H groups in total. The molecule has 2 fully saturated rings. The Hall–Kier alpha value is -0.690. The van der Waals surface area contributed by atoms with Gasteiger partial charge in [-0.3, -0.25) is 4.79 Å². The lowest BCUT2D eigenvalue weighted by molar-refractivity contribution is -0.134. The van der Waals surface area contributed by atoms with Gasteiger partial charge in [-0.25, -0.2) is 0 Å². The third kappa shape index (κ3) is 1.53. The Morgan fingerprint density at radius 1 is 1.38 bits per heavy atom. The highest BCUT2D eigenvalue weighted by atomic mass is 32.2. The van der Waals surface area contributed by atoms with Gasteiger partial charge in [0.05, 0.1) is 6.07 Å². The molecular weight excluding hydrogens is 184 g/mol. The average Bonchev–Trinajstić information content (AvgIpc) is 2.99. The average molecular weight is 196 g/mol. The maximum atomic E-state index is 11.8. The van der Waals surface area contributed by atoms with Gasteiger partial charge < -0.3 is 4.90 Å². The zero-order chi connectivity index (χ0) is 9.31. The second kappa shape index (κ2) is 3.22. The normalized spacial score (nSPS) is 25.0. The molecule has 1 heterocycles. The van der Waals surface area contributed by atoms with Crippen LogP contribution in [-0.2, 0) is 4.79 Å². The van der Waals surface area contributed by atoms with E-state index >= 15 is 0 Å². The molecule has 1 aliphatic heterocycles. The van der Waals surface area contributed by atoms with Crippen molar-refractivity contribution in [3.05, 3.63) is 0 Å². The first-order valence-corrected chi connectivity index (χ1v) is 5.72. The van der Waals surface area contributed by atoms with Crippen LogP contribution in [0, 0.1) is 16.7 Å². The summed E-state index contributed by atoms with van der Waals surface area (Å²) in [6.07, 6.45) is 1.54. The van der Waals surface area contributed by atoms with E-state index in [4.69, 9.17) is 5.26 Å². The molecule has 1 saturated carbocycles. The van der Waals surface area contributed by atoms with Crippen LogP contribution < -0.4 is 0 Å². The SMILES string of the molecule is N#CC1(C(=O)N2CCSCC2)CC1. The summed E-state index contributed by atoms with van der Waals surface area (Å²) in [6, 6.07) is 2.15. The fraction of sp³-hybridized carbons (Fsp3) is 0.778. The molecule has 1 aliphatic carbocycles. The molecule has 2 rings (SSSR count). The number of hydrogen-bond donors (Lipinski definition) is 0. The van der Waals surface area contributed by atoms with Crippen molar-refractivity contribution in [2.24, 2.45) is 5.41 Å². The van der Waals surface area contributed by atoms with E-state index in [-0.39, 0.29) is 5.91 Å². The van der Waals surface area contributed by atoms with Crippen molar-refractivity contribution in [2.75, 3.05) is 24.6 Å². The zero-order valence-electron chi connectivity index (χ0n) is 7.45. The topological polar surface area (TPSA) is 44.1 Å². The molecule has 0 aromatic rings. The van der Waals surface area contributed by atoms with E-state index in [2.05, 4.69) is 6.07 Å². The largest absolute Gasteiger partial charge is 0.340 e. The van der Waals surface area contributed by atoms with Crippen LogP contribution in [0.25, 0.3) is 0 Å². The molecule has 0 radical (unpaired) electrons. The number of rotatable bonds is 1. The van der Waals surface area contributed by atoms with Gasteiger partial charge in [-0.1, -0.05) is 0 Å². The van der Waals surface area contributed by atoms with E-state index in [0.29, 0.717) is 0 Å². The molecule has 0 bridgehead atoms. The fourth-order valence-corrected chi connectivity index (χ4v) is 2.47. The van der Waals surface area contributed by atoms with Gasteiger partial charge in [0.2, 0.25) is 5.91 Å². The monoisotopic (exact) mass is 196 g/mol. The molecule has 0 aromatic heterocycles. The lowest BCUT2D eigenvalue weighted by Gasteiger charge is -2.28. The van der Waals surface area contributed by atoms with Gasteiger partial charge in [0, 0.05) is 24.6 Å². The number of carbonyl (C=O) groups excluding carboxylic acids is 1. The molecule has 1 saturated heterocycles. The van der Waals surface area contributed by atoms with Crippen molar-refractivity contribution in [2.45, 2.75) is 12.8 Å². The Bertz CT molecular complexity index is 261. The molecule has 4 heteroatoms. The van der Waals surface area contributed by atoms with Gasteiger partial charge in [0.25, 0.3) is 0 Å². The highest BCUT2D eigenvalue weighted by Gasteiger charge is 2.52. The van der Waals surface area contributed by atoms with Crippen LogP contribution in [0.5, 0.6) is 0 Å². The van der Waals surface area contributed by atoms with E-state index in [1.807, 2.05) is 16.7 Å². The van der Waals surface area contributed by atoms with Gasteiger partial charge in [0.15, 0.2) is 0 Å².